The van der Waals surface area contributed by atoms with Crippen LogP contribution in [0.4, 0.5) is 0 Å². The predicted molar refractivity (Wildman–Crippen MR) is 54.7 cm³/mol. The van der Waals surface area contributed by atoms with Gasteiger partial charge in [-0.05, 0) is 6.42 Å². The Kier molecular flexibility index (Phi) is 9.68. The molecule has 0 aromatic rings. The lowest BCUT2D eigenvalue weighted by Gasteiger charge is -2.04. The number of hydrogen-bond donors (Lipinski definition) is 0. The van der Waals surface area contributed by atoms with Crippen molar-refractivity contribution < 1.29 is 8.39 Å². The summed E-state index contributed by atoms with van der Waals surface area (Å²) in [6.07, 6.45) is 7.27. The maximum atomic E-state index is 10.3. The van der Waals surface area contributed by atoms with Crippen LogP contribution in [0.5, 0.6) is 0 Å². The lowest BCUT2D eigenvalue weighted by molar-refractivity contribution is 0.335. The quantitative estimate of drug-likeness (QED) is 0.454. The second-order valence-corrected chi connectivity index (χ2v) is 4.25. The third kappa shape index (κ3) is 10.3. The zero-order valence-corrected chi connectivity index (χ0v) is 9.22. The van der Waals surface area contributed by atoms with Crippen LogP contribution in [0, 0.1) is 0 Å². The monoisotopic (exact) mass is 209 g/mol. The first-order chi connectivity index (χ1) is 5.77. The van der Waals surface area contributed by atoms with Gasteiger partial charge in [-0.15, -0.1) is 0 Å². The van der Waals surface area contributed by atoms with Gasteiger partial charge in [-0.2, -0.15) is 0 Å². The van der Waals surface area contributed by atoms with E-state index < -0.39 is 9.64 Å². The molecule has 0 aromatic heterocycles. The molecule has 12 heavy (non-hydrogen) atoms. The summed E-state index contributed by atoms with van der Waals surface area (Å²) < 4.78 is 15.0. The summed E-state index contributed by atoms with van der Waals surface area (Å²) in [5.41, 5.74) is 0. The van der Waals surface area contributed by atoms with Gasteiger partial charge in [0.1, 0.15) is 0 Å². The van der Waals surface area contributed by atoms with Gasteiger partial charge in [-0.25, -0.2) is 11.2 Å². The van der Waals surface area contributed by atoms with Crippen LogP contribution in [0.15, 0.2) is 0 Å². The molecule has 0 unspecified atom stereocenters. The first kappa shape index (κ1) is 12.3. The average molecular weight is 209 g/mol. The van der Waals surface area contributed by atoms with E-state index in [1.165, 1.54) is 25.7 Å². The molecule has 0 fully saturated rings. The zero-order chi connectivity index (χ0) is 9.23. The fourth-order valence-electron chi connectivity index (χ4n) is 1.01. The van der Waals surface area contributed by atoms with E-state index in [0.717, 1.165) is 12.8 Å². The Balaban J connectivity index is 2.91. The highest BCUT2D eigenvalue weighted by Gasteiger charge is 1.87. The van der Waals surface area contributed by atoms with Crippen LogP contribution in [0.25, 0.3) is 0 Å². The Morgan fingerprint density at radius 1 is 1.17 bits per heavy atom. The molecule has 74 valence electrons. The van der Waals surface area contributed by atoms with Gasteiger partial charge in [0.25, 0.3) is 0 Å². The zero-order valence-electron chi connectivity index (χ0n) is 7.58. The lowest BCUT2D eigenvalue weighted by atomic mass is 10.1. The molecule has 0 aliphatic rings. The van der Waals surface area contributed by atoms with Crippen molar-refractivity contribution in [2.45, 2.75) is 45.4 Å². The molecule has 0 aliphatic heterocycles. The van der Waals surface area contributed by atoms with E-state index in [2.05, 4.69) is 18.1 Å². The molecule has 0 heterocycles. The summed E-state index contributed by atoms with van der Waals surface area (Å²) in [4.78, 5) is 0. The highest BCUT2D eigenvalue weighted by Crippen LogP contribution is 2.04. The summed E-state index contributed by atoms with van der Waals surface area (Å²) in [5, 5.41) is 0. The second-order valence-electron chi connectivity index (χ2n) is 2.79. The molecule has 0 radical (unpaired) electrons. The number of rotatable bonds is 8. The fraction of sp³-hybridized carbons (Fsp3) is 1.00. The minimum Gasteiger partial charge on any atom is -0.444 e. The molecule has 0 saturated carbocycles. The van der Waals surface area contributed by atoms with Crippen molar-refractivity contribution in [3.8, 4) is 0 Å². The Hall–Kier alpha value is 0.330. The summed E-state index contributed by atoms with van der Waals surface area (Å²) in [5.74, 6) is 0. The van der Waals surface area contributed by atoms with E-state index in [4.69, 9.17) is 4.18 Å². The Labute approximate surface area is 81.6 Å². The van der Waals surface area contributed by atoms with Crippen LogP contribution in [0.1, 0.15) is 45.4 Å². The third-order valence-electron chi connectivity index (χ3n) is 1.68. The third-order valence-corrected chi connectivity index (χ3v) is 2.33. The van der Waals surface area contributed by atoms with Crippen LogP contribution >= 0.6 is 0 Å². The number of hydrogen-bond acceptors (Lipinski definition) is 4. The molecule has 0 saturated heterocycles. The van der Waals surface area contributed by atoms with Crippen LogP contribution in [-0.2, 0) is 29.2 Å². The van der Waals surface area contributed by atoms with Gasteiger partial charge in [0, 0.05) is 6.61 Å². The van der Waals surface area contributed by atoms with Gasteiger partial charge in [-0.1, -0.05) is 48.7 Å². The molecule has 0 rings (SSSR count). The van der Waals surface area contributed by atoms with E-state index in [1.807, 2.05) is 0 Å². The van der Waals surface area contributed by atoms with Gasteiger partial charge in [0.15, 0.2) is 0 Å². The summed E-state index contributed by atoms with van der Waals surface area (Å²) in [6.45, 7) is 2.74. The lowest BCUT2D eigenvalue weighted by Crippen LogP contribution is -1.90. The first-order valence-electron chi connectivity index (χ1n) is 4.50. The van der Waals surface area contributed by atoms with E-state index in [9.17, 15) is 4.21 Å². The van der Waals surface area contributed by atoms with Gasteiger partial charge < -0.3 is 8.39 Å². The molecule has 0 bridgehead atoms. The molecular weight excluding hydrogens is 192 g/mol. The Morgan fingerprint density at radius 2 is 1.75 bits per heavy atom. The minimum absolute atomic E-state index is 0.544. The molecule has 0 aromatic carbocycles. The van der Waals surface area contributed by atoms with Crippen LogP contribution in [0.2, 0.25) is 0 Å². The fourth-order valence-corrected chi connectivity index (χ4v) is 1.47. The van der Waals surface area contributed by atoms with Crippen molar-refractivity contribution in [1.82, 2.24) is 0 Å². The summed E-state index contributed by atoms with van der Waals surface area (Å²) in [7, 11) is -1.49. The van der Waals surface area contributed by atoms with E-state index in [-0.39, 0.29) is 0 Å². The predicted octanol–water partition coefficient (Wildman–Crippen LogP) is 2.70. The van der Waals surface area contributed by atoms with Gasteiger partial charge in [-0.3, -0.25) is 0 Å². The molecule has 2 nitrogen and oxygen atoms in total. The molecule has 4 heteroatoms. The largest absolute Gasteiger partial charge is 0.444 e. The van der Waals surface area contributed by atoms with E-state index >= 15 is 0 Å². The maximum absolute atomic E-state index is 10.3. The SMILES string of the molecule is CCCCCCCCO[S-](=O)=S. The molecule has 0 spiro atoms. The maximum Gasteiger partial charge on any atom is 0.0257 e. The second kappa shape index (κ2) is 9.42. The van der Waals surface area contributed by atoms with E-state index in [0.29, 0.717) is 6.61 Å². The first-order valence-corrected chi connectivity index (χ1v) is 6.50. The highest BCUT2D eigenvalue weighted by atomic mass is 32.8. The van der Waals surface area contributed by atoms with Crippen molar-refractivity contribution >= 4 is 20.8 Å². The normalized spacial score (nSPS) is 10.8. The van der Waals surface area contributed by atoms with Crippen molar-refractivity contribution in [1.29, 1.82) is 0 Å². The summed E-state index contributed by atoms with van der Waals surface area (Å²) >= 11 is 4.35. The van der Waals surface area contributed by atoms with Crippen LogP contribution < -0.4 is 0 Å². The van der Waals surface area contributed by atoms with Crippen LogP contribution in [-0.4, -0.2) is 6.61 Å². The molecule has 0 aliphatic carbocycles. The molecule has 0 N–H and O–H groups in total. The standard InChI is InChI=1S/C8H17O2S2/c1-2-3-4-5-6-7-8-10-12(9)11/h2-8H2,1H3/q-1. The average Bonchev–Trinajstić information content (AvgIpc) is 2.02. The van der Waals surface area contributed by atoms with Crippen LogP contribution in [0.3, 0.4) is 0 Å². The van der Waals surface area contributed by atoms with Crippen molar-refractivity contribution in [2.24, 2.45) is 0 Å². The Morgan fingerprint density at radius 3 is 2.33 bits per heavy atom. The minimum atomic E-state index is -1.49. The van der Waals surface area contributed by atoms with Gasteiger partial charge >= 0.3 is 0 Å². The van der Waals surface area contributed by atoms with Gasteiger partial charge in [0.05, 0.1) is 0 Å². The number of unbranched alkanes of at least 4 members (excludes halogenated alkanes) is 5. The highest BCUT2D eigenvalue weighted by molar-refractivity contribution is 8.19. The van der Waals surface area contributed by atoms with Gasteiger partial charge in [0.2, 0.25) is 0 Å². The molecular formula is C8H17O2S2-. The summed E-state index contributed by atoms with van der Waals surface area (Å²) in [6, 6.07) is 0. The van der Waals surface area contributed by atoms with E-state index in [1.54, 1.807) is 0 Å². The Bertz CT molecular complexity index is 147. The topological polar surface area (TPSA) is 26.3 Å². The van der Waals surface area contributed by atoms with Crippen molar-refractivity contribution in [2.75, 3.05) is 6.61 Å². The molecule has 0 atom stereocenters. The van der Waals surface area contributed by atoms with Crippen molar-refractivity contribution in [3.05, 3.63) is 0 Å². The molecule has 0 amide bonds. The van der Waals surface area contributed by atoms with Crippen molar-refractivity contribution in [3.63, 3.8) is 0 Å². The smallest absolute Gasteiger partial charge is 0.0257 e.